The summed E-state index contributed by atoms with van der Waals surface area (Å²) in [5, 5.41) is 6.33. The second-order valence-electron chi connectivity index (χ2n) is 7.94. The Kier molecular flexibility index (Phi) is 5.91. The second-order valence-corrected chi connectivity index (χ2v) is 10.5. The van der Waals surface area contributed by atoms with E-state index < -0.39 is 10.0 Å². The Morgan fingerprint density at radius 3 is 2.28 bits per heavy atom. The van der Waals surface area contributed by atoms with Crippen LogP contribution in [0.1, 0.15) is 33.5 Å². The van der Waals surface area contributed by atoms with Crippen LogP contribution in [0.4, 0.5) is 4.39 Å². The molecule has 2 heterocycles. The highest BCUT2D eigenvalue weighted by atomic mass is 32.2. The summed E-state index contributed by atoms with van der Waals surface area (Å²) >= 11 is 1.39. The normalized spacial score (nSPS) is 12.1. The molecule has 0 radical (unpaired) electrons. The maximum absolute atomic E-state index is 14.1. The van der Waals surface area contributed by atoms with Crippen LogP contribution >= 0.6 is 11.3 Å². The molecule has 0 aliphatic rings. The zero-order valence-corrected chi connectivity index (χ0v) is 20.3. The van der Waals surface area contributed by atoms with Gasteiger partial charge < -0.3 is 0 Å². The van der Waals surface area contributed by atoms with Gasteiger partial charge in [0.15, 0.2) is 5.82 Å². The van der Waals surface area contributed by atoms with E-state index in [2.05, 4.69) is 14.8 Å². The van der Waals surface area contributed by atoms with E-state index in [0.29, 0.717) is 27.7 Å². The molecule has 32 heavy (non-hydrogen) atoms. The molecular weight excluding hydrogens is 447 g/mol. The number of aromatic nitrogens is 3. The van der Waals surface area contributed by atoms with Crippen LogP contribution in [-0.4, -0.2) is 29.6 Å². The average molecular weight is 473 g/mol. The number of fused-ring (bicyclic) bond motifs is 1. The molecule has 0 atom stereocenters. The van der Waals surface area contributed by atoms with Crippen LogP contribution in [0.2, 0.25) is 0 Å². The van der Waals surface area contributed by atoms with Crippen molar-refractivity contribution in [2.24, 2.45) is 0 Å². The van der Waals surface area contributed by atoms with Crippen molar-refractivity contribution < 1.29 is 12.8 Å². The van der Waals surface area contributed by atoms with Crippen molar-refractivity contribution in [3.63, 3.8) is 0 Å². The van der Waals surface area contributed by atoms with E-state index in [1.807, 2.05) is 40.0 Å². The predicted molar refractivity (Wildman–Crippen MR) is 125 cm³/mol. The predicted octanol–water partition coefficient (Wildman–Crippen LogP) is 4.66. The molecule has 4 rings (SSSR count). The quantitative estimate of drug-likeness (QED) is 0.443. The fourth-order valence-electron chi connectivity index (χ4n) is 3.91. The van der Waals surface area contributed by atoms with Gasteiger partial charge in [0.25, 0.3) is 0 Å². The van der Waals surface area contributed by atoms with Crippen LogP contribution in [0.15, 0.2) is 34.5 Å². The van der Waals surface area contributed by atoms with Crippen molar-refractivity contribution in [2.45, 2.75) is 45.9 Å². The minimum atomic E-state index is -3.67. The number of nitrogens with one attached hydrogen (secondary N) is 1. The molecular formula is C23H25FN4O2S2. The van der Waals surface area contributed by atoms with E-state index in [1.165, 1.54) is 17.4 Å². The maximum atomic E-state index is 14.1. The molecule has 0 aliphatic heterocycles. The molecule has 2 aromatic heterocycles. The molecule has 2 aromatic carbocycles. The third-order valence-corrected chi connectivity index (χ3v) is 8.74. The summed E-state index contributed by atoms with van der Waals surface area (Å²) < 4.78 is 44.7. The van der Waals surface area contributed by atoms with Gasteiger partial charge in [0.2, 0.25) is 15.0 Å². The second kappa shape index (κ2) is 8.38. The van der Waals surface area contributed by atoms with E-state index in [9.17, 15) is 12.8 Å². The third kappa shape index (κ3) is 3.85. The first-order valence-corrected chi connectivity index (χ1v) is 12.6. The van der Waals surface area contributed by atoms with Crippen molar-refractivity contribution in [1.82, 2.24) is 19.3 Å². The van der Waals surface area contributed by atoms with Crippen LogP contribution in [0.5, 0.6) is 0 Å². The molecule has 0 unspecified atom stereocenters. The minimum absolute atomic E-state index is 0.216. The van der Waals surface area contributed by atoms with Gasteiger partial charge >= 0.3 is 0 Å². The van der Waals surface area contributed by atoms with Crippen LogP contribution in [0.3, 0.4) is 0 Å². The van der Waals surface area contributed by atoms with E-state index in [0.717, 1.165) is 33.5 Å². The summed E-state index contributed by atoms with van der Waals surface area (Å²) in [5.41, 5.74) is 5.83. The molecule has 0 bridgehead atoms. The Bertz CT molecular complexity index is 1410. The molecule has 9 heteroatoms. The lowest BCUT2D eigenvalue weighted by molar-refractivity contribution is 0.579. The van der Waals surface area contributed by atoms with E-state index in [4.69, 9.17) is 0 Å². The van der Waals surface area contributed by atoms with Crippen molar-refractivity contribution >= 4 is 26.3 Å². The smallest absolute Gasteiger partial charge is 0.211 e. The summed E-state index contributed by atoms with van der Waals surface area (Å²) in [7, 11) is -3.67. The van der Waals surface area contributed by atoms with Crippen LogP contribution < -0.4 is 4.72 Å². The maximum Gasteiger partial charge on any atom is 0.241 e. The van der Waals surface area contributed by atoms with E-state index in [1.54, 1.807) is 22.7 Å². The topological polar surface area (TPSA) is 76.4 Å². The number of hydrogen-bond donors (Lipinski definition) is 1. The molecule has 0 amide bonds. The van der Waals surface area contributed by atoms with Crippen molar-refractivity contribution in [3.8, 4) is 11.4 Å². The largest absolute Gasteiger partial charge is 0.241 e. The first kappa shape index (κ1) is 22.6. The summed E-state index contributed by atoms with van der Waals surface area (Å²) in [4.78, 5) is 5.41. The fraction of sp³-hybridized carbons (Fsp3) is 0.304. The van der Waals surface area contributed by atoms with Crippen molar-refractivity contribution in [2.75, 3.05) is 6.54 Å². The van der Waals surface area contributed by atoms with Crippen LogP contribution in [0, 0.1) is 40.4 Å². The molecule has 168 valence electrons. The molecule has 0 saturated carbocycles. The van der Waals surface area contributed by atoms with Gasteiger partial charge in [0.05, 0.1) is 16.2 Å². The lowest BCUT2D eigenvalue weighted by Crippen LogP contribution is -2.28. The number of halogens is 1. The Labute approximate surface area is 191 Å². The van der Waals surface area contributed by atoms with Crippen molar-refractivity contribution in [3.05, 3.63) is 69.0 Å². The first-order chi connectivity index (χ1) is 15.1. The number of hydrogen-bond acceptors (Lipinski definition) is 5. The Morgan fingerprint density at radius 2 is 1.62 bits per heavy atom. The number of thiazole rings is 1. The van der Waals surface area contributed by atoms with Gasteiger partial charge in [-0.05, 0) is 74.6 Å². The van der Waals surface area contributed by atoms with Crippen molar-refractivity contribution in [1.29, 1.82) is 0 Å². The van der Waals surface area contributed by atoms with Gasteiger partial charge in [0, 0.05) is 18.3 Å². The average Bonchev–Trinajstić information content (AvgIpc) is 3.32. The van der Waals surface area contributed by atoms with Gasteiger partial charge in [-0.15, -0.1) is 16.4 Å². The highest BCUT2D eigenvalue weighted by Gasteiger charge is 2.23. The Hall–Kier alpha value is -2.62. The Balaban J connectivity index is 1.56. The van der Waals surface area contributed by atoms with E-state index >= 15 is 0 Å². The summed E-state index contributed by atoms with van der Waals surface area (Å²) in [6, 6.07) is 6.37. The lowest BCUT2D eigenvalue weighted by atomic mass is 9.95. The third-order valence-electron chi connectivity index (χ3n) is 6.14. The van der Waals surface area contributed by atoms with Gasteiger partial charge in [-0.2, -0.15) is 4.98 Å². The molecule has 1 N–H and O–H groups in total. The standard InChI is InChI=1S/C23H25FN4O2S2/c1-13-14(2)16(4)21(17(5)15(13)3)32(29,30)25-11-10-18-12-31-23-26-22(27-28(18)23)19-8-6-7-9-20(19)24/h6-9,12,25H,10-11H2,1-5H3. The lowest BCUT2D eigenvalue weighted by Gasteiger charge is -2.19. The summed E-state index contributed by atoms with van der Waals surface area (Å²) in [5.74, 6) is -0.0666. The van der Waals surface area contributed by atoms with Crippen LogP contribution in [0.25, 0.3) is 16.3 Å². The minimum Gasteiger partial charge on any atom is -0.211 e. The highest BCUT2D eigenvalue weighted by Crippen LogP contribution is 2.29. The SMILES string of the molecule is Cc1c(C)c(C)c(S(=O)(=O)NCCc2csc3nc(-c4ccccc4F)nn23)c(C)c1C. The number of rotatable bonds is 6. The van der Waals surface area contributed by atoms with Gasteiger partial charge in [0.1, 0.15) is 5.82 Å². The van der Waals surface area contributed by atoms with Gasteiger partial charge in [-0.1, -0.05) is 12.1 Å². The zero-order valence-electron chi connectivity index (χ0n) is 18.7. The molecule has 0 saturated heterocycles. The van der Waals surface area contributed by atoms with Gasteiger partial charge in [-0.3, -0.25) is 0 Å². The molecule has 4 aromatic rings. The number of sulfonamides is 1. The zero-order chi connectivity index (χ0) is 23.2. The number of nitrogens with zero attached hydrogens (tertiary/aromatic N) is 3. The fourth-order valence-corrected chi connectivity index (χ4v) is 6.39. The van der Waals surface area contributed by atoms with E-state index in [-0.39, 0.29) is 12.4 Å². The first-order valence-electron chi connectivity index (χ1n) is 10.3. The van der Waals surface area contributed by atoms with Crippen LogP contribution in [-0.2, 0) is 16.4 Å². The number of benzene rings is 2. The Morgan fingerprint density at radius 1 is 1.00 bits per heavy atom. The molecule has 0 fully saturated rings. The van der Waals surface area contributed by atoms with Gasteiger partial charge in [-0.25, -0.2) is 22.0 Å². The monoisotopic (exact) mass is 472 g/mol. The molecule has 6 nitrogen and oxygen atoms in total. The summed E-state index contributed by atoms with van der Waals surface area (Å²) in [6.45, 7) is 9.85. The molecule has 0 aliphatic carbocycles. The molecule has 0 spiro atoms. The summed E-state index contributed by atoms with van der Waals surface area (Å²) in [6.07, 6.45) is 0.432. The highest BCUT2D eigenvalue weighted by molar-refractivity contribution is 7.89.